The molecule has 0 atom stereocenters. The zero-order valence-electron chi connectivity index (χ0n) is 9.95. The largest absolute Gasteiger partial charge is 0.481 e. The number of amides is 1. The summed E-state index contributed by atoms with van der Waals surface area (Å²) >= 11 is 0. The molecule has 0 aromatic carbocycles. The first kappa shape index (κ1) is 13.0. The number of hydrogen-bond acceptors (Lipinski definition) is 2. The molecule has 4 nitrogen and oxygen atoms in total. The first-order valence-corrected chi connectivity index (χ1v) is 6.16. The second kappa shape index (κ2) is 6.51. The van der Waals surface area contributed by atoms with Gasteiger partial charge in [0.2, 0.25) is 5.91 Å². The molecular formula is C12H21NO3. The first-order chi connectivity index (χ1) is 7.65. The average Bonchev–Trinajstić information content (AvgIpc) is 3.02. The van der Waals surface area contributed by atoms with E-state index < -0.39 is 5.97 Å². The molecule has 92 valence electrons. The Bertz CT molecular complexity index is 249. The summed E-state index contributed by atoms with van der Waals surface area (Å²) in [6.07, 6.45) is 5.31. The van der Waals surface area contributed by atoms with E-state index in [1.807, 2.05) is 4.90 Å². The van der Waals surface area contributed by atoms with E-state index in [0.717, 1.165) is 32.2 Å². The maximum absolute atomic E-state index is 11.8. The van der Waals surface area contributed by atoms with Gasteiger partial charge in [-0.15, -0.1) is 0 Å². The summed E-state index contributed by atoms with van der Waals surface area (Å²) in [5, 5.41) is 8.50. The monoisotopic (exact) mass is 227 g/mol. The van der Waals surface area contributed by atoms with Crippen LogP contribution in [0.4, 0.5) is 0 Å². The predicted octanol–water partition coefficient (Wildman–Crippen LogP) is 2.03. The Kier molecular flexibility index (Phi) is 5.29. The van der Waals surface area contributed by atoms with Gasteiger partial charge in [0.15, 0.2) is 0 Å². The number of carboxylic acid groups (broad SMARTS) is 1. The number of carboxylic acids is 1. The fraction of sp³-hybridized carbons (Fsp3) is 0.833. The molecule has 0 bridgehead atoms. The van der Waals surface area contributed by atoms with E-state index in [9.17, 15) is 9.59 Å². The number of carbonyl (C=O) groups excluding carboxylic acids is 1. The molecule has 0 aliphatic heterocycles. The SMILES string of the molecule is CCCCN(C(=O)CCCC(=O)O)C1CC1. The minimum absolute atomic E-state index is 0.0953. The van der Waals surface area contributed by atoms with Crippen molar-refractivity contribution in [1.29, 1.82) is 0 Å². The molecule has 1 aliphatic rings. The van der Waals surface area contributed by atoms with Gasteiger partial charge in [-0.2, -0.15) is 0 Å². The van der Waals surface area contributed by atoms with Crippen molar-refractivity contribution in [2.45, 2.75) is 57.9 Å². The highest BCUT2D eigenvalue weighted by atomic mass is 16.4. The van der Waals surface area contributed by atoms with Crippen molar-refractivity contribution in [2.75, 3.05) is 6.54 Å². The van der Waals surface area contributed by atoms with Crippen LogP contribution in [-0.4, -0.2) is 34.5 Å². The number of aliphatic carboxylic acids is 1. The molecule has 0 aromatic heterocycles. The third kappa shape index (κ3) is 4.64. The van der Waals surface area contributed by atoms with Gasteiger partial charge >= 0.3 is 5.97 Å². The minimum atomic E-state index is -0.820. The van der Waals surface area contributed by atoms with Crippen LogP contribution in [0, 0.1) is 0 Å². The Morgan fingerprint density at radius 2 is 1.94 bits per heavy atom. The molecule has 0 aromatic rings. The molecule has 0 radical (unpaired) electrons. The van der Waals surface area contributed by atoms with Gasteiger partial charge < -0.3 is 10.0 Å². The van der Waals surface area contributed by atoms with Crippen LogP contribution in [0.1, 0.15) is 51.9 Å². The third-order valence-corrected chi connectivity index (χ3v) is 2.84. The van der Waals surface area contributed by atoms with Crippen LogP contribution in [-0.2, 0) is 9.59 Å². The van der Waals surface area contributed by atoms with Crippen LogP contribution in [0.3, 0.4) is 0 Å². The standard InChI is InChI=1S/C12H21NO3/c1-2-3-9-13(10-7-8-10)11(14)5-4-6-12(15)16/h10H,2-9H2,1H3,(H,15,16). The summed E-state index contributed by atoms with van der Waals surface area (Å²) in [6.45, 7) is 2.95. The normalized spacial score (nSPS) is 14.8. The smallest absolute Gasteiger partial charge is 0.303 e. The molecule has 0 saturated heterocycles. The van der Waals surface area contributed by atoms with Gasteiger partial charge in [0.25, 0.3) is 0 Å². The van der Waals surface area contributed by atoms with Gasteiger partial charge in [-0.3, -0.25) is 9.59 Å². The molecule has 0 unspecified atom stereocenters. The summed E-state index contributed by atoms with van der Waals surface area (Å²) in [6, 6.07) is 0.448. The number of hydrogen-bond donors (Lipinski definition) is 1. The minimum Gasteiger partial charge on any atom is -0.481 e. The van der Waals surface area contributed by atoms with Crippen molar-refractivity contribution >= 4 is 11.9 Å². The van der Waals surface area contributed by atoms with E-state index >= 15 is 0 Å². The average molecular weight is 227 g/mol. The van der Waals surface area contributed by atoms with E-state index in [-0.39, 0.29) is 12.3 Å². The second-order valence-corrected chi connectivity index (χ2v) is 4.42. The molecule has 1 N–H and O–H groups in total. The summed E-state index contributed by atoms with van der Waals surface area (Å²) in [4.78, 5) is 24.1. The van der Waals surface area contributed by atoms with Crippen molar-refractivity contribution in [3.05, 3.63) is 0 Å². The van der Waals surface area contributed by atoms with E-state index in [2.05, 4.69) is 6.92 Å². The van der Waals surface area contributed by atoms with Crippen molar-refractivity contribution in [3.8, 4) is 0 Å². The van der Waals surface area contributed by atoms with Crippen molar-refractivity contribution in [3.63, 3.8) is 0 Å². The highest BCUT2D eigenvalue weighted by Crippen LogP contribution is 2.27. The maximum atomic E-state index is 11.8. The van der Waals surface area contributed by atoms with E-state index in [0.29, 0.717) is 18.9 Å². The molecule has 0 spiro atoms. The lowest BCUT2D eigenvalue weighted by molar-refractivity contribution is -0.137. The third-order valence-electron chi connectivity index (χ3n) is 2.84. The molecule has 1 rings (SSSR count). The van der Waals surface area contributed by atoms with Crippen molar-refractivity contribution in [2.24, 2.45) is 0 Å². The summed E-state index contributed by atoms with van der Waals surface area (Å²) < 4.78 is 0. The Labute approximate surface area is 96.6 Å². The topological polar surface area (TPSA) is 57.6 Å². The van der Waals surface area contributed by atoms with Gasteiger partial charge in [-0.1, -0.05) is 13.3 Å². The van der Waals surface area contributed by atoms with Gasteiger partial charge in [-0.25, -0.2) is 0 Å². The number of nitrogens with zero attached hydrogens (tertiary/aromatic N) is 1. The zero-order chi connectivity index (χ0) is 12.0. The van der Waals surface area contributed by atoms with Crippen molar-refractivity contribution in [1.82, 2.24) is 4.90 Å². The van der Waals surface area contributed by atoms with E-state index in [4.69, 9.17) is 5.11 Å². The summed E-state index contributed by atoms with van der Waals surface area (Å²) in [5.74, 6) is -0.684. The highest BCUT2D eigenvalue weighted by Gasteiger charge is 2.31. The predicted molar refractivity (Wildman–Crippen MR) is 61.1 cm³/mol. The fourth-order valence-corrected chi connectivity index (χ4v) is 1.76. The Morgan fingerprint density at radius 3 is 2.44 bits per heavy atom. The van der Waals surface area contributed by atoms with Crippen molar-refractivity contribution < 1.29 is 14.7 Å². The lowest BCUT2D eigenvalue weighted by Gasteiger charge is -2.22. The van der Waals surface area contributed by atoms with Crippen LogP contribution < -0.4 is 0 Å². The lowest BCUT2D eigenvalue weighted by atomic mass is 10.2. The van der Waals surface area contributed by atoms with Crippen LogP contribution in [0.5, 0.6) is 0 Å². The Balaban J connectivity index is 2.26. The summed E-state index contributed by atoms with van der Waals surface area (Å²) in [7, 11) is 0. The Morgan fingerprint density at radius 1 is 1.25 bits per heavy atom. The molecule has 1 aliphatic carbocycles. The number of unbranched alkanes of at least 4 members (excludes halogenated alkanes) is 1. The van der Waals surface area contributed by atoms with Crippen LogP contribution in [0.25, 0.3) is 0 Å². The fourth-order valence-electron chi connectivity index (χ4n) is 1.76. The quantitative estimate of drug-likeness (QED) is 0.690. The number of carbonyl (C=O) groups is 2. The molecule has 1 fully saturated rings. The first-order valence-electron chi connectivity index (χ1n) is 6.16. The highest BCUT2D eigenvalue weighted by molar-refractivity contribution is 5.77. The van der Waals surface area contributed by atoms with Gasteiger partial charge in [0.05, 0.1) is 0 Å². The summed E-state index contributed by atoms with van der Waals surface area (Å²) in [5.41, 5.74) is 0. The van der Waals surface area contributed by atoms with Gasteiger partial charge in [0, 0.05) is 25.4 Å². The Hall–Kier alpha value is -1.06. The zero-order valence-corrected chi connectivity index (χ0v) is 9.95. The van der Waals surface area contributed by atoms with E-state index in [1.54, 1.807) is 0 Å². The van der Waals surface area contributed by atoms with Crippen LogP contribution in [0.15, 0.2) is 0 Å². The van der Waals surface area contributed by atoms with Crippen LogP contribution in [0.2, 0.25) is 0 Å². The van der Waals surface area contributed by atoms with E-state index in [1.165, 1.54) is 0 Å². The van der Waals surface area contributed by atoms with Gasteiger partial charge in [0.1, 0.15) is 0 Å². The molecular weight excluding hydrogens is 206 g/mol. The molecule has 0 heterocycles. The second-order valence-electron chi connectivity index (χ2n) is 4.42. The molecule has 1 saturated carbocycles. The number of rotatable bonds is 8. The molecule has 1 amide bonds. The molecule has 4 heteroatoms. The van der Waals surface area contributed by atoms with Gasteiger partial charge in [-0.05, 0) is 25.7 Å². The molecule has 16 heavy (non-hydrogen) atoms. The van der Waals surface area contributed by atoms with Crippen LogP contribution >= 0.6 is 0 Å². The lowest BCUT2D eigenvalue weighted by Crippen LogP contribution is -2.33. The maximum Gasteiger partial charge on any atom is 0.303 e.